The number of rotatable bonds is 4. The van der Waals surface area contributed by atoms with E-state index >= 15 is 0 Å². The molecule has 0 bridgehead atoms. The number of hydrogen-bond donors (Lipinski definition) is 1. The third kappa shape index (κ3) is 2.46. The standard InChI is InChI=1S/C10H22N2/c1-4-12(5-2)9-10(3)6-7-11-8-10/h11H,4-9H2,1-3H3. The maximum Gasteiger partial charge on any atom is 0.00477 e. The molecule has 0 aliphatic carbocycles. The molecule has 1 rings (SSSR count). The predicted molar refractivity (Wildman–Crippen MR) is 53.4 cm³/mol. The van der Waals surface area contributed by atoms with Crippen LogP contribution in [0.25, 0.3) is 0 Å². The van der Waals surface area contributed by atoms with Gasteiger partial charge in [-0.1, -0.05) is 20.8 Å². The van der Waals surface area contributed by atoms with Crippen molar-refractivity contribution in [1.29, 1.82) is 0 Å². The van der Waals surface area contributed by atoms with Crippen molar-refractivity contribution >= 4 is 0 Å². The molecule has 1 unspecified atom stereocenters. The van der Waals surface area contributed by atoms with E-state index in [4.69, 9.17) is 0 Å². The first-order valence-electron chi connectivity index (χ1n) is 5.13. The van der Waals surface area contributed by atoms with Gasteiger partial charge in [0.05, 0.1) is 0 Å². The maximum atomic E-state index is 3.44. The summed E-state index contributed by atoms with van der Waals surface area (Å²) in [5.74, 6) is 0. The van der Waals surface area contributed by atoms with Crippen molar-refractivity contribution in [2.45, 2.75) is 27.2 Å². The van der Waals surface area contributed by atoms with Gasteiger partial charge in [-0.05, 0) is 31.5 Å². The van der Waals surface area contributed by atoms with E-state index in [-0.39, 0.29) is 0 Å². The van der Waals surface area contributed by atoms with Gasteiger partial charge in [0, 0.05) is 13.1 Å². The summed E-state index contributed by atoms with van der Waals surface area (Å²) in [7, 11) is 0. The molecule has 1 N–H and O–H groups in total. The minimum Gasteiger partial charge on any atom is -0.316 e. The summed E-state index contributed by atoms with van der Waals surface area (Å²) in [6.45, 7) is 12.9. The Labute approximate surface area is 76.3 Å². The topological polar surface area (TPSA) is 15.3 Å². The molecule has 0 amide bonds. The minimum absolute atomic E-state index is 0.534. The van der Waals surface area contributed by atoms with Crippen LogP contribution in [0.3, 0.4) is 0 Å². The maximum absolute atomic E-state index is 3.44. The Morgan fingerprint density at radius 1 is 1.33 bits per heavy atom. The van der Waals surface area contributed by atoms with Crippen LogP contribution in [0.2, 0.25) is 0 Å². The molecule has 12 heavy (non-hydrogen) atoms. The van der Waals surface area contributed by atoms with E-state index in [9.17, 15) is 0 Å². The molecule has 2 heteroatoms. The lowest BCUT2D eigenvalue weighted by molar-refractivity contribution is 0.192. The molecular weight excluding hydrogens is 148 g/mol. The van der Waals surface area contributed by atoms with Crippen LogP contribution in [-0.4, -0.2) is 37.6 Å². The summed E-state index contributed by atoms with van der Waals surface area (Å²) in [6.07, 6.45) is 1.34. The normalized spacial score (nSPS) is 30.0. The molecule has 2 nitrogen and oxygen atoms in total. The fraction of sp³-hybridized carbons (Fsp3) is 1.00. The van der Waals surface area contributed by atoms with E-state index in [2.05, 4.69) is 31.0 Å². The van der Waals surface area contributed by atoms with Crippen molar-refractivity contribution in [3.05, 3.63) is 0 Å². The Morgan fingerprint density at radius 2 is 2.00 bits per heavy atom. The lowest BCUT2D eigenvalue weighted by atomic mass is 9.89. The fourth-order valence-electron chi connectivity index (χ4n) is 1.99. The number of nitrogens with one attached hydrogen (secondary N) is 1. The molecule has 1 atom stereocenters. The monoisotopic (exact) mass is 170 g/mol. The van der Waals surface area contributed by atoms with Gasteiger partial charge in [-0.3, -0.25) is 0 Å². The molecule has 1 saturated heterocycles. The molecule has 1 fully saturated rings. The molecule has 1 aliphatic heterocycles. The van der Waals surface area contributed by atoms with Gasteiger partial charge in [0.15, 0.2) is 0 Å². The fourth-order valence-corrected chi connectivity index (χ4v) is 1.99. The van der Waals surface area contributed by atoms with Crippen LogP contribution in [0.15, 0.2) is 0 Å². The SMILES string of the molecule is CCN(CC)CC1(C)CCNC1. The zero-order valence-corrected chi connectivity index (χ0v) is 8.69. The van der Waals surface area contributed by atoms with Crippen LogP contribution >= 0.6 is 0 Å². The summed E-state index contributed by atoms with van der Waals surface area (Å²) < 4.78 is 0. The average molecular weight is 170 g/mol. The van der Waals surface area contributed by atoms with Crippen LogP contribution in [-0.2, 0) is 0 Å². The van der Waals surface area contributed by atoms with Crippen LogP contribution in [0.1, 0.15) is 27.2 Å². The molecule has 0 radical (unpaired) electrons. The summed E-state index contributed by atoms with van der Waals surface area (Å²) in [6, 6.07) is 0. The van der Waals surface area contributed by atoms with Crippen molar-refractivity contribution in [2.75, 3.05) is 32.7 Å². The average Bonchev–Trinajstić information content (AvgIpc) is 2.48. The molecular formula is C10H22N2. The van der Waals surface area contributed by atoms with Crippen LogP contribution in [0.5, 0.6) is 0 Å². The second kappa shape index (κ2) is 4.24. The van der Waals surface area contributed by atoms with Crippen LogP contribution in [0.4, 0.5) is 0 Å². The molecule has 0 aromatic carbocycles. The predicted octanol–water partition coefficient (Wildman–Crippen LogP) is 1.33. The first-order valence-corrected chi connectivity index (χ1v) is 5.13. The highest BCUT2D eigenvalue weighted by Gasteiger charge is 2.29. The molecule has 1 aliphatic rings. The molecule has 0 spiro atoms. The van der Waals surface area contributed by atoms with Gasteiger partial charge < -0.3 is 10.2 Å². The largest absolute Gasteiger partial charge is 0.316 e. The van der Waals surface area contributed by atoms with Crippen molar-refractivity contribution < 1.29 is 0 Å². The number of hydrogen-bond acceptors (Lipinski definition) is 2. The van der Waals surface area contributed by atoms with Gasteiger partial charge in [0.2, 0.25) is 0 Å². The van der Waals surface area contributed by atoms with E-state index in [0.29, 0.717) is 5.41 Å². The van der Waals surface area contributed by atoms with Crippen molar-refractivity contribution in [3.63, 3.8) is 0 Å². The highest BCUT2D eigenvalue weighted by Crippen LogP contribution is 2.25. The van der Waals surface area contributed by atoms with Crippen molar-refractivity contribution in [3.8, 4) is 0 Å². The lowest BCUT2D eigenvalue weighted by Crippen LogP contribution is -2.37. The van der Waals surface area contributed by atoms with Gasteiger partial charge in [0.25, 0.3) is 0 Å². The van der Waals surface area contributed by atoms with Gasteiger partial charge in [-0.25, -0.2) is 0 Å². The van der Waals surface area contributed by atoms with Gasteiger partial charge in [-0.15, -0.1) is 0 Å². The van der Waals surface area contributed by atoms with Crippen molar-refractivity contribution in [1.82, 2.24) is 10.2 Å². The zero-order valence-electron chi connectivity index (χ0n) is 8.69. The Balaban J connectivity index is 2.36. The third-order valence-corrected chi connectivity index (χ3v) is 2.96. The first kappa shape index (κ1) is 10.0. The summed E-state index contributed by atoms with van der Waals surface area (Å²) in [4.78, 5) is 2.52. The van der Waals surface area contributed by atoms with Gasteiger partial charge in [0.1, 0.15) is 0 Å². The Hall–Kier alpha value is -0.0800. The molecule has 72 valence electrons. The first-order chi connectivity index (χ1) is 5.70. The van der Waals surface area contributed by atoms with E-state index in [1.807, 2.05) is 0 Å². The second-order valence-corrected chi connectivity index (χ2v) is 4.20. The van der Waals surface area contributed by atoms with Gasteiger partial charge in [-0.2, -0.15) is 0 Å². The molecule has 0 aromatic heterocycles. The van der Waals surface area contributed by atoms with E-state index in [1.54, 1.807) is 0 Å². The van der Waals surface area contributed by atoms with Crippen molar-refractivity contribution in [2.24, 2.45) is 5.41 Å². The lowest BCUT2D eigenvalue weighted by Gasteiger charge is -2.30. The highest BCUT2D eigenvalue weighted by atomic mass is 15.1. The minimum atomic E-state index is 0.534. The molecule has 1 heterocycles. The van der Waals surface area contributed by atoms with Crippen LogP contribution < -0.4 is 5.32 Å². The Kier molecular flexibility index (Phi) is 3.53. The van der Waals surface area contributed by atoms with E-state index in [1.165, 1.54) is 39.1 Å². The quantitative estimate of drug-likeness (QED) is 0.684. The third-order valence-electron chi connectivity index (χ3n) is 2.96. The van der Waals surface area contributed by atoms with Crippen LogP contribution in [0, 0.1) is 5.41 Å². The smallest absolute Gasteiger partial charge is 0.00477 e. The van der Waals surface area contributed by atoms with E-state index in [0.717, 1.165) is 0 Å². The summed E-state index contributed by atoms with van der Waals surface area (Å²) >= 11 is 0. The zero-order chi connectivity index (χ0) is 9.03. The molecule has 0 aromatic rings. The molecule has 0 saturated carbocycles. The summed E-state index contributed by atoms with van der Waals surface area (Å²) in [5, 5.41) is 3.44. The van der Waals surface area contributed by atoms with E-state index < -0.39 is 0 Å². The second-order valence-electron chi connectivity index (χ2n) is 4.20. The number of nitrogens with zero attached hydrogens (tertiary/aromatic N) is 1. The summed E-state index contributed by atoms with van der Waals surface area (Å²) in [5.41, 5.74) is 0.534. The highest BCUT2D eigenvalue weighted by molar-refractivity contribution is 4.86. The Morgan fingerprint density at radius 3 is 2.42 bits per heavy atom. The Bertz CT molecular complexity index is 124. The van der Waals surface area contributed by atoms with Gasteiger partial charge >= 0.3 is 0 Å².